The van der Waals surface area contributed by atoms with Crippen molar-refractivity contribution < 1.29 is 14.3 Å². The molecule has 17 heavy (non-hydrogen) atoms. The molecule has 96 valence electrons. The van der Waals surface area contributed by atoms with E-state index < -0.39 is 0 Å². The standard InChI is InChI=1S/C13H21NO3/c15-13(11-4-6-16-9-11)14-5-3-12(7-14)17-8-10-1-2-10/h10-12H,1-9H2/t11-,12+/m0/s1. The average Bonchev–Trinajstić information content (AvgIpc) is 2.86. The Labute approximate surface area is 102 Å². The van der Waals surface area contributed by atoms with Crippen LogP contribution in [0.3, 0.4) is 0 Å². The first-order chi connectivity index (χ1) is 8.33. The summed E-state index contributed by atoms with van der Waals surface area (Å²) in [6.45, 7) is 3.92. The highest BCUT2D eigenvalue weighted by atomic mass is 16.5. The second-order valence-corrected chi connectivity index (χ2v) is 5.53. The summed E-state index contributed by atoms with van der Waals surface area (Å²) < 4.78 is 11.1. The fraction of sp³-hybridized carbons (Fsp3) is 0.923. The number of carbonyl (C=O) groups excluding carboxylic acids is 1. The van der Waals surface area contributed by atoms with Gasteiger partial charge in [-0.1, -0.05) is 0 Å². The van der Waals surface area contributed by atoms with Gasteiger partial charge in [0, 0.05) is 26.3 Å². The number of ether oxygens (including phenoxy) is 2. The fourth-order valence-electron chi connectivity index (χ4n) is 2.61. The molecule has 3 fully saturated rings. The Morgan fingerprint density at radius 1 is 1.29 bits per heavy atom. The molecule has 4 heteroatoms. The first kappa shape index (κ1) is 11.5. The van der Waals surface area contributed by atoms with Crippen molar-refractivity contribution >= 4 is 5.91 Å². The van der Waals surface area contributed by atoms with Gasteiger partial charge in [-0.25, -0.2) is 0 Å². The zero-order chi connectivity index (χ0) is 11.7. The van der Waals surface area contributed by atoms with E-state index in [0.717, 1.165) is 45.1 Å². The molecule has 1 saturated carbocycles. The summed E-state index contributed by atoms with van der Waals surface area (Å²) in [6.07, 6.45) is 4.83. The Kier molecular flexibility index (Phi) is 3.34. The summed E-state index contributed by atoms with van der Waals surface area (Å²) in [4.78, 5) is 14.1. The van der Waals surface area contributed by atoms with Crippen molar-refractivity contribution in [2.75, 3.05) is 32.9 Å². The molecule has 1 amide bonds. The number of hydrogen-bond donors (Lipinski definition) is 0. The van der Waals surface area contributed by atoms with E-state index in [1.165, 1.54) is 12.8 Å². The zero-order valence-corrected chi connectivity index (χ0v) is 10.3. The Balaban J connectivity index is 1.43. The summed E-state index contributed by atoms with van der Waals surface area (Å²) in [5.74, 6) is 1.19. The monoisotopic (exact) mass is 239 g/mol. The summed E-state index contributed by atoms with van der Waals surface area (Å²) >= 11 is 0. The van der Waals surface area contributed by atoms with Crippen LogP contribution in [-0.4, -0.2) is 49.8 Å². The zero-order valence-electron chi connectivity index (χ0n) is 10.3. The van der Waals surface area contributed by atoms with E-state index in [9.17, 15) is 4.79 Å². The predicted octanol–water partition coefficient (Wildman–Crippen LogP) is 1.05. The molecule has 1 aliphatic carbocycles. The van der Waals surface area contributed by atoms with Crippen LogP contribution in [0.25, 0.3) is 0 Å². The van der Waals surface area contributed by atoms with Gasteiger partial charge < -0.3 is 14.4 Å². The van der Waals surface area contributed by atoms with Crippen molar-refractivity contribution in [1.82, 2.24) is 4.90 Å². The lowest BCUT2D eigenvalue weighted by Gasteiger charge is -2.19. The number of rotatable bonds is 4. The molecular formula is C13H21NO3. The van der Waals surface area contributed by atoms with Crippen LogP contribution in [0.1, 0.15) is 25.7 Å². The fourth-order valence-corrected chi connectivity index (χ4v) is 2.61. The third-order valence-electron chi connectivity index (χ3n) is 4.00. The smallest absolute Gasteiger partial charge is 0.228 e. The third kappa shape index (κ3) is 2.80. The molecule has 0 aromatic carbocycles. The second kappa shape index (κ2) is 4.94. The molecule has 2 saturated heterocycles. The lowest BCUT2D eigenvalue weighted by atomic mass is 10.1. The molecule has 3 aliphatic rings. The summed E-state index contributed by atoms with van der Waals surface area (Å²) in [7, 11) is 0. The molecular weight excluding hydrogens is 218 g/mol. The maximum Gasteiger partial charge on any atom is 0.228 e. The molecule has 0 unspecified atom stereocenters. The number of carbonyl (C=O) groups is 1. The molecule has 2 heterocycles. The van der Waals surface area contributed by atoms with Crippen LogP contribution in [0, 0.1) is 11.8 Å². The van der Waals surface area contributed by atoms with E-state index in [4.69, 9.17) is 9.47 Å². The quantitative estimate of drug-likeness (QED) is 0.736. The van der Waals surface area contributed by atoms with Gasteiger partial charge in [-0.2, -0.15) is 0 Å². The highest BCUT2D eigenvalue weighted by Crippen LogP contribution is 2.30. The summed E-state index contributed by atoms with van der Waals surface area (Å²) in [6, 6.07) is 0. The number of likely N-dealkylation sites (tertiary alicyclic amines) is 1. The van der Waals surface area contributed by atoms with Gasteiger partial charge in [0.15, 0.2) is 0 Å². The van der Waals surface area contributed by atoms with Crippen LogP contribution in [0.5, 0.6) is 0 Å². The number of amides is 1. The van der Waals surface area contributed by atoms with Gasteiger partial charge in [0.1, 0.15) is 0 Å². The highest BCUT2D eigenvalue weighted by Gasteiger charge is 2.33. The number of hydrogen-bond acceptors (Lipinski definition) is 3. The van der Waals surface area contributed by atoms with Gasteiger partial charge in [-0.15, -0.1) is 0 Å². The second-order valence-electron chi connectivity index (χ2n) is 5.53. The van der Waals surface area contributed by atoms with Gasteiger partial charge >= 0.3 is 0 Å². The van der Waals surface area contributed by atoms with Crippen molar-refractivity contribution in [2.45, 2.75) is 31.8 Å². The number of nitrogens with zero attached hydrogens (tertiary/aromatic N) is 1. The lowest BCUT2D eigenvalue weighted by molar-refractivity contribution is -0.134. The summed E-state index contributed by atoms with van der Waals surface area (Å²) in [5, 5.41) is 0. The van der Waals surface area contributed by atoms with E-state index in [1.54, 1.807) is 0 Å². The minimum Gasteiger partial charge on any atom is -0.381 e. The van der Waals surface area contributed by atoms with Crippen LogP contribution in [0.15, 0.2) is 0 Å². The summed E-state index contributed by atoms with van der Waals surface area (Å²) in [5.41, 5.74) is 0. The molecule has 0 bridgehead atoms. The van der Waals surface area contributed by atoms with Crippen molar-refractivity contribution in [3.8, 4) is 0 Å². The molecule has 4 nitrogen and oxygen atoms in total. The van der Waals surface area contributed by atoms with Crippen LogP contribution in [0.2, 0.25) is 0 Å². The van der Waals surface area contributed by atoms with Crippen molar-refractivity contribution in [3.63, 3.8) is 0 Å². The van der Waals surface area contributed by atoms with Crippen LogP contribution >= 0.6 is 0 Å². The Hall–Kier alpha value is -0.610. The maximum atomic E-state index is 12.1. The van der Waals surface area contributed by atoms with Gasteiger partial charge in [0.25, 0.3) is 0 Å². The average molecular weight is 239 g/mol. The van der Waals surface area contributed by atoms with Gasteiger partial charge in [-0.05, 0) is 31.6 Å². The van der Waals surface area contributed by atoms with E-state index in [-0.39, 0.29) is 17.9 Å². The predicted molar refractivity (Wildman–Crippen MR) is 62.6 cm³/mol. The Bertz CT molecular complexity index is 284. The first-order valence-corrected chi connectivity index (χ1v) is 6.81. The molecule has 0 N–H and O–H groups in total. The van der Waals surface area contributed by atoms with Crippen molar-refractivity contribution in [1.29, 1.82) is 0 Å². The highest BCUT2D eigenvalue weighted by molar-refractivity contribution is 5.79. The van der Waals surface area contributed by atoms with E-state index in [2.05, 4.69) is 0 Å². The van der Waals surface area contributed by atoms with Crippen molar-refractivity contribution in [2.24, 2.45) is 11.8 Å². The molecule has 0 radical (unpaired) electrons. The van der Waals surface area contributed by atoms with Gasteiger partial charge in [-0.3, -0.25) is 4.79 Å². The molecule has 2 aliphatic heterocycles. The Morgan fingerprint density at radius 3 is 2.88 bits per heavy atom. The van der Waals surface area contributed by atoms with E-state index >= 15 is 0 Å². The largest absolute Gasteiger partial charge is 0.381 e. The Morgan fingerprint density at radius 2 is 2.18 bits per heavy atom. The molecule has 0 aromatic rings. The van der Waals surface area contributed by atoms with Gasteiger partial charge in [0.2, 0.25) is 5.91 Å². The molecule has 0 spiro atoms. The minimum atomic E-state index is 0.109. The first-order valence-electron chi connectivity index (χ1n) is 6.81. The lowest BCUT2D eigenvalue weighted by Crippen LogP contribution is -2.35. The van der Waals surface area contributed by atoms with Crippen LogP contribution < -0.4 is 0 Å². The molecule has 2 atom stereocenters. The molecule has 0 aromatic heterocycles. The third-order valence-corrected chi connectivity index (χ3v) is 4.00. The van der Waals surface area contributed by atoms with Gasteiger partial charge in [0.05, 0.1) is 18.6 Å². The SMILES string of the molecule is O=C([C@H]1CCOC1)N1CC[C@@H](OCC2CC2)C1. The van der Waals surface area contributed by atoms with E-state index in [1.807, 2.05) is 4.90 Å². The normalized spacial score (nSPS) is 33.3. The minimum absolute atomic E-state index is 0.109. The van der Waals surface area contributed by atoms with Crippen LogP contribution in [0.4, 0.5) is 0 Å². The molecule has 3 rings (SSSR count). The maximum absolute atomic E-state index is 12.1. The van der Waals surface area contributed by atoms with Crippen LogP contribution in [-0.2, 0) is 14.3 Å². The topological polar surface area (TPSA) is 38.8 Å². The van der Waals surface area contributed by atoms with E-state index in [0.29, 0.717) is 6.61 Å². The van der Waals surface area contributed by atoms with Crippen molar-refractivity contribution in [3.05, 3.63) is 0 Å².